The van der Waals surface area contributed by atoms with E-state index in [0.717, 1.165) is 51.0 Å². The molecule has 0 aliphatic rings. The smallest absolute Gasteiger partial charge is 0.328 e. The molecule has 3 rings (SSSR count). The summed E-state index contributed by atoms with van der Waals surface area (Å²) in [6, 6.07) is 13.4. The van der Waals surface area contributed by atoms with E-state index in [1.54, 1.807) is 6.20 Å². The number of rotatable bonds is 7. The highest BCUT2D eigenvalue weighted by molar-refractivity contribution is 6.37. The van der Waals surface area contributed by atoms with Crippen LogP contribution >= 0.6 is 0 Å². The first-order chi connectivity index (χ1) is 13.5. The minimum Gasteiger partial charge on any atom is -0.478 e. The second-order valence-electron chi connectivity index (χ2n) is 6.23. The Bertz CT molecular complexity index is 1110. The van der Waals surface area contributed by atoms with Crippen LogP contribution in [0.1, 0.15) is 30.0 Å². The number of aromatic nitrogens is 2. The van der Waals surface area contributed by atoms with Crippen molar-refractivity contribution in [3.05, 3.63) is 77.0 Å². The van der Waals surface area contributed by atoms with E-state index in [1.165, 1.54) is 6.08 Å². The van der Waals surface area contributed by atoms with Gasteiger partial charge in [-0.05, 0) is 52.5 Å². The van der Waals surface area contributed by atoms with Gasteiger partial charge < -0.3 is 10.5 Å². The molecule has 6 nitrogen and oxygen atoms in total. The predicted molar refractivity (Wildman–Crippen MR) is 112 cm³/mol. The van der Waals surface area contributed by atoms with Crippen LogP contribution in [0, 0.1) is 10.8 Å². The number of nitrogens with zero attached hydrogens (tertiary/aromatic N) is 1. The molecule has 0 unspecified atom stereocenters. The van der Waals surface area contributed by atoms with Crippen LogP contribution in [0.5, 0.6) is 0 Å². The molecule has 0 radical (unpaired) electrons. The third-order valence-corrected chi connectivity index (χ3v) is 4.47. The van der Waals surface area contributed by atoms with Crippen LogP contribution in [0.4, 0.5) is 0 Å². The quantitative estimate of drug-likeness (QED) is 0.360. The lowest BCUT2D eigenvalue weighted by molar-refractivity contribution is -0.131. The van der Waals surface area contributed by atoms with Crippen LogP contribution < -0.4 is 0 Å². The van der Waals surface area contributed by atoms with Crippen molar-refractivity contribution in [3.8, 4) is 0 Å². The van der Waals surface area contributed by atoms with Crippen molar-refractivity contribution in [1.29, 1.82) is 10.8 Å². The highest BCUT2D eigenvalue weighted by atomic mass is 16.4. The standard InChI is InChI=1S/C22H20N4O2/c1-2-18(19(24)12-23)22(16-8-9-20-17(11-16)13-25-26-20)15-6-3-14(4-7-15)5-10-21(27)28/h3-13,23-24H,2H2,1H3,(H,25,26)(H,27,28)/b10-5+,22-18+,23-12?,24-19?. The summed E-state index contributed by atoms with van der Waals surface area (Å²) in [4.78, 5) is 10.7. The van der Waals surface area contributed by atoms with E-state index in [9.17, 15) is 4.79 Å². The number of hydrogen-bond donors (Lipinski definition) is 4. The molecular weight excluding hydrogens is 352 g/mol. The van der Waals surface area contributed by atoms with Crippen molar-refractivity contribution in [2.45, 2.75) is 13.3 Å². The SMILES string of the molecule is CC/C(C(=N)C=N)=C(/c1ccc(/C=C/C(=O)O)cc1)c1ccc2[nH]ncc2c1. The van der Waals surface area contributed by atoms with Gasteiger partial charge in [-0.3, -0.25) is 10.5 Å². The summed E-state index contributed by atoms with van der Waals surface area (Å²) in [7, 11) is 0. The Balaban J connectivity index is 2.16. The Morgan fingerprint density at radius 3 is 2.54 bits per heavy atom. The Kier molecular flexibility index (Phi) is 5.60. The second kappa shape index (κ2) is 8.26. The number of carboxylic acid groups (broad SMARTS) is 1. The first-order valence-corrected chi connectivity index (χ1v) is 8.81. The lowest BCUT2D eigenvalue weighted by Gasteiger charge is -2.15. The fraction of sp³-hybridized carbons (Fsp3) is 0.0909. The average Bonchev–Trinajstić information content (AvgIpc) is 3.18. The van der Waals surface area contributed by atoms with E-state index < -0.39 is 5.97 Å². The van der Waals surface area contributed by atoms with Gasteiger partial charge in [0.05, 0.1) is 17.4 Å². The molecule has 0 aliphatic carbocycles. The molecule has 0 saturated carbocycles. The molecule has 0 spiro atoms. The van der Waals surface area contributed by atoms with Crippen LogP contribution in [0.3, 0.4) is 0 Å². The monoisotopic (exact) mass is 372 g/mol. The summed E-state index contributed by atoms with van der Waals surface area (Å²) in [6.07, 6.45) is 6.05. The van der Waals surface area contributed by atoms with Crippen LogP contribution in [0.25, 0.3) is 22.6 Å². The number of nitrogens with one attached hydrogen (secondary N) is 3. The Morgan fingerprint density at radius 2 is 1.89 bits per heavy atom. The van der Waals surface area contributed by atoms with Gasteiger partial charge >= 0.3 is 5.97 Å². The number of carbonyl (C=O) groups is 1. The fourth-order valence-corrected chi connectivity index (χ4v) is 3.13. The normalized spacial score (nSPS) is 12.2. The third kappa shape index (κ3) is 3.96. The largest absolute Gasteiger partial charge is 0.478 e. The van der Waals surface area contributed by atoms with Gasteiger partial charge in [0, 0.05) is 17.7 Å². The first-order valence-electron chi connectivity index (χ1n) is 8.81. The molecule has 0 amide bonds. The third-order valence-electron chi connectivity index (χ3n) is 4.47. The summed E-state index contributed by atoms with van der Waals surface area (Å²) in [6.45, 7) is 1.97. The summed E-state index contributed by atoms with van der Waals surface area (Å²) in [5, 5.41) is 32.5. The number of H-pyrrole nitrogens is 1. The highest BCUT2D eigenvalue weighted by Crippen LogP contribution is 2.31. The molecule has 0 aliphatic heterocycles. The van der Waals surface area contributed by atoms with Gasteiger partial charge in [-0.15, -0.1) is 0 Å². The van der Waals surface area contributed by atoms with Crippen LogP contribution in [-0.4, -0.2) is 33.2 Å². The molecular formula is C22H20N4O2. The van der Waals surface area contributed by atoms with Crippen molar-refractivity contribution in [2.75, 3.05) is 0 Å². The number of aliphatic carboxylic acids is 1. The number of allylic oxidation sites excluding steroid dienone is 1. The van der Waals surface area contributed by atoms with Crippen molar-refractivity contribution >= 4 is 40.4 Å². The van der Waals surface area contributed by atoms with Crippen LogP contribution in [-0.2, 0) is 4.79 Å². The molecule has 0 atom stereocenters. The number of fused-ring (bicyclic) bond motifs is 1. The van der Waals surface area contributed by atoms with Gasteiger partial charge in [-0.2, -0.15) is 5.10 Å². The average molecular weight is 372 g/mol. The molecule has 4 N–H and O–H groups in total. The van der Waals surface area contributed by atoms with E-state index in [4.69, 9.17) is 15.9 Å². The summed E-state index contributed by atoms with van der Waals surface area (Å²) in [5.74, 6) is -0.995. The van der Waals surface area contributed by atoms with E-state index in [2.05, 4.69) is 10.2 Å². The van der Waals surface area contributed by atoms with E-state index >= 15 is 0 Å². The van der Waals surface area contributed by atoms with Crippen LogP contribution in [0.15, 0.2) is 60.3 Å². The van der Waals surface area contributed by atoms with Gasteiger partial charge in [-0.25, -0.2) is 4.79 Å². The van der Waals surface area contributed by atoms with Gasteiger partial charge in [-0.1, -0.05) is 37.3 Å². The maximum atomic E-state index is 10.7. The van der Waals surface area contributed by atoms with E-state index in [-0.39, 0.29) is 5.71 Å². The maximum absolute atomic E-state index is 10.7. The molecule has 1 aromatic heterocycles. The maximum Gasteiger partial charge on any atom is 0.328 e. The van der Waals surface area contributed by atoms with E-state index in [1.807, 2.05) is 49.4 Å². The summed E-state index contributed by atoms with van der Waals surface area (Å²) >= 11 is 0. The molecule has 28 heavy (non-hydrogen) atoms. The van der Waals surface area contributed by atoms with Crippen molar-refractivity contribution < 1.29 is 9.90 Å². The minimum atomic E-state index is -0.995. The molecule has 0 bridgehead atoms. The zero-order valence-electron chi connectivity index (χ0n) is 15.4. The molecule has 2 aromatic carbocycles. The number of aromatic amines is 1. The fourth-order valence-electron chi connectivity index (χ4n) is 3.13. The van der Waals surface area contributed by atoms with Gasteiger partial charge in [0.1, 0.15) is 0 Å². The van der Waals surface area contributed by atoms with E-state index in [0.29, 0.717) is 6.42 Å². The van der Waals surface area contributed by atoms with Gasteiger partial charge in [0.2, 0.25) is 0 Å². The summed E-state index contributed by atoms with van der Waals surface area (Å²) < 4.78 is 0. The topological polar surface area (TPSA) is 114 Å². The van der Waals surface area contributed by atoms with Crippen molar-refractivity contribution in [3.63, 3.8) is 0 Å². The van der Waals surface area contributed by atoms with Crippen molar-refractivity contribution in [2.24, 2.45) is 0 Å². The van der Waals surface area contributed by atoms with Gasteiger partial charge in [0.25, 0.3) is 0 Å². The lowest BCUT2D eigenvalue weighted by atomic mass is 9.89. The Labute approximate surface area is 162 Å². The zero-order valence-corrected chi connectivity index (χ0v) is 15.4. The van der Waals surface area contributed by atoms with Crippen LogP contribution in [0.2, 0.25) is 0 Å². The van der Waals surface area contributed by atoms with Gasteiger partial charge in [0.15, 0.2) is 0 Å². The molecule has 0 fully saturated rings. The summed E-state index contributed by atoms with van der Waals surface area (Å²) in [5.41, 5.74) is 5.36. The number of hydrogen-bond acceptors (Lipinski definition) is 4. The Hall–Kier alpha value is -3.80. The molecule has 1 heterocycles. The lowest BCUT2D eigenvalue weighted by Crippen LogP contribution is -2.06. The number of benzene rings is 2. The highest BCUT2D eigenvalue weighted by Gasteiger charge is 2.14. The predicted octanol–water partition coefficient (Wildman–Crippen LogP) is 4.54. The molecule has 0 saturated heterocycles. The molecule has 3 aromatic rings. The van der Waals surface area contributed by atoms with Crippen molar-refractivity contribution in [1.82, 2.24) is 10.2 Å². The minimum absolute atomic E-state index is 0.166. The second-order valence-corrected chi connectivity index (χ2v) is 6.23. The Morgan fingerprint density at radius 1 is 1.18 bits per heavy atom. The number of carboxylic acids is 1. The zero-order chi connectivity index (χ0) is 20.1. The molecule has 140 valence electrons. The molecule has 6 heteroatoms. The first kappa shape index (κ1) is 19.0.